The first kappa shape index (κ1) is 20.3. The van der Waals surface area contributed by atoms with Crippen molar-refractivity contribution in [2.45, 2.75) is 31.2 Å². The zero-order valence-corrected chi connectivity index (χ0v) is 17.8. The predicted octanol–water partition coefficient (Wildman–Crippen LogP) is 3.32. The fourth-order valence-electron chi connectivity index (χ4n) is 2.48. The van der Waals surface area contributed by atoms with Crippen LogP contribution in [0.3, 0.4) is 0 Å². The van der Waals surface area contributed by atoms with Crippen LogP contribution in [-0.4, -0.2) is 31.4 Å². The molecule has 2 unspecified atom stereocenters. The summed E-state index contributed by atoms with van der Waals surface area (Å²) in [6, 6.07) is 4.61. The maximum Gasteiger partial charge on any atom is 0.261 e. The van der Waals surface area contributed by atoms with Gasteiger partial charge in [-0.3, -0.25) is 19.0 Å². The molecule has 1 aliphatic rings. The first-order valence-electron chi connectivity index (χ1n) is 8.09. The summed E-state index contributed by atoms with van der Waals surface area (Å²) in [5.74, 6) is 0.361. The average Bonchev–Trinajstić information content (AvgIpc) is 3.00. The smallest absolute Gasteiger partial charge is 0.261 e. The van der Waals surface area contributed by atoms with Crippen LogP contribution in [-0.2, 0) is 17.3 Å². The van der Waals surface area contributed by atoms with E-state index in [0.717, 1.165) is 0 Å². The molecule has 1 amide bonds. The Morgan fingerprint density at radius 3 is 2.85 bits per heavy atom. The van der Waals surface area contributed by atoms with Crippen molar-refractivity contribution < 1.29 is 9.00 Å². The molecule has 0 radical (unpaired) electrons. The SMILES string of the molecule is CC1(C)C(N)=NC(c2sc(C(=O)NCc3ncccc3Cl)cc2Cl)CS1=O. The molecule has 6 nitrogen and oxygen atoms in total. The van der Waals surface area contributed by atoms with E-state index in [1.165, 1.54) is 11.3 Å². The fourth-order valence-corrected chi connectivity index (χ4v) is 5.43. The van der Waals surface area contributed by atoms with Gasteiger partial charge in [0.2, 0.25) is 0 Å². The number of rotatable bonds is 4. The van der Waals surface area contributed by atoms with Gasteiger partial charge in [0.15, 0.2) is 0 Å². The number of amidine groups is 1. The number of aliphatic imine (C=N–C) groups is 1. The van der Waals surface area contributed by atoms with E-state index < -0.39 is 21.6 Å². The second-order valence-electron chi connectivity index (χ2n) is 6.49. The van der Waals surface area contributed by atoms with Crippen molar-refractivity contribution in [2.75, 3.05) is 5.75 Å². The number of nitrogens with one attached hydrogen (secondary N) is 1. The third kappa shape index (κ3) is 4.18. The second-order valence-corrected chi connectivity index (χ2v) is 10.4. The van der Waals surface area contributed by atoms with Crippen LogP contribution in [0.4, 0.5) is 0 Å². The van der Waals surface area contributed by atoms with Crippen LogP contribution in [0.15, 0.2) is 29.4 Å². The number of carbonyl (C=O) groups is 1. The fraction of sp³-hybridized carbons (Fsp3) is 0.353. The van der Waals surface area contributed by atoms with Gasteiger partial charge in [-0.2, -0.15) is 0 Å². The summed E-state index contributed by atoms with van der Waals surface area (Å²) in [5, 5.41) is 3.68. The number of aromatic nitrogens is 1. The van der Waals surface area contributed by atoms with E-state index in [1.807, 2.05) is 0 Å². The monoisotopic (exact) mass is 444 g/mol. The lowest BCUT2D eigenvalue weighted by Gasteiger charge is -2.30. The second kappa shape index (κ2) is 7.87. The first-order chi connectivity index (χ1) is 12.7. The molecular weight excluding hydrogens is 427 g/mol. The minimum Gasteiger partial charge on any atom is -0.386 e. The van der Waals surface area contributed by atoms with Gasteiger partial charge in [-0.15, -0.1) is 11.3 Å². The third-order valence-electron chi connectivity index (χ3n) is 4.28. The van der Waals surface area contributed by atoms with Crippen molar-refractivity contribution in [3.8, 4) is 0 Å². The molecule has 3 N–H and O–H groups in total. The molecule has 2 aromatic heterocycles. The van der Waals surface area contributed by atoms with Gasteiger partial charge in [-0.25, -0.2) is 0 Å². The van der Waals surface area contributed by atoms with Crippen LogP contribution in [0.25, 0.3) is 0 Å². The molecule has 3 heterocycles. The first-order valence-corrected chi connectivity index (χ1v) is 11.0. The van der Waals surface area contributed by atoms with E-state index in [0.29, 0.717) is 37.1 Å². The number of pyridine rings is 1. The molecule has 27 heavy (non-hydrogen) atoms. The van der Waals surface area contributed by atoms with Gasteiger partial charge in [0.25, 0.3) is 5.91 Å². The molecule has 0 saturated carbocycles. The number of halogens is 2. The van der Waals surface area contributed by atoms with Crippen molar-refractivity contribution in [1.82, 2.24) is 10.3 Å². The maximum atomic E-state index is 12.5. The van der Waals surface area contributed by atoms with Gasteiger partial charge in [0, 0.05) is 21.9 Å². The normalized spacial score (nSPS) is 21.6. The van der Waals surface area contributed by atoms with Crippen molar-refractivity contribution in [1.29, 1.82) is 0 Å². The molecule has 2 aromatic rings. The highest BCUT2D eigenvalue weighted by Gasteiger charge is 2.38. The molecule has 144 valence electrons. The number of hydrogen-bond acceptors (Lipinski definition) is 6. The summed E-state index contributed by atoms with van der Waals surface area (Å²) in [6.45, 7) is 3.81. The standard InChI is InChI=1S/C17H18Cl2N4O2S2/c1-17(2)16(20)23-12(8-27(17)25)14-10(19)6-13(26-14)15(24)22-7-11-9(18)4-3-5-21-11/h3-6,12H,7-8H2,1-2H3,(H2,20,23)(H,22,24). The lowest BCUT2D eigenvalue weighted by Crippen LogP contribution is -2.47. The van der Waals surface area contributed by atoms with Crippen molar-refractivity contribution in [3.63, 3.8) is 0 Å². The van der Waals surface area contributed by atoms with Crippen molar-refractivity contribution in [2.24, 2.45) is 10.7 Å². The Balaban J connectivity index is 1.77. The summed E-state index contributed by atoms with van der Waals surface area (Å²) in [4.78, 5) is 22.2. The zero-order valence-electron chi connectivity index (χ0n) is 14.7. The number of nitrogens with zero attached hydrogens (tertiary/aromatic N) is 2. The molecular formula is C17H18Cl2N4O2S2. The van der Waals surface area contributed by atoms with Crippen LogP contribution in [0.5, 0.6) is 0 Å². The third-order valence-corrected chi connectivity index (χ3v) is 8.25. The molecule has 2 atom stereocenters. The van der Waals surface area contributed by atoms with Gasteiger partial charge < -0.3 is 11.1 Å². The topological polar surface area (TPSA) is 97.4 Å². The van der Waals surface area contributed by atoms with Crippen molar-refractivity contribution >= 4 is 57.1 Å². The Morgan fingerprint density at radius 2 is 2.19 bits per heavy atom. The zero-order chi connectivity index (χ0) is 19.8. The number of hydrogen-bond donors (Lipinski definition) is 2. The molecule has 0 aliphatic carbocycles. The van der Waals surface area contributed by atoms with Gasteiger partial charge in [0.05, 0.1) is 43.7 Å². The van der Waals surface area contributed by atoms with E-state index >= 15 is 0 Å². The Labute approximate surface area is 173 Å². The summed E-state index contributed by atoms with van der Waals surface area (Å²) in [7, 11) is -1.18. The Morgan fingerprint density at radius 1 is 1.44 bits per heavy atom. The minimum atomic E-state index is -1.18. The highest BCUT2D eigenvalue weighted by molar-refractivity contribution is 7.87. The summed E-state index contributed by atoms with van der Waals surface area (Å²) in [6.07, 6.45) is 1.61. The summed E-state index contributed by atoms with van der Waals surface area (Å²) < 4.78 is 11.8. The van der Waals surface area contributed by atoms with Gasteiger partial charge in [0.1, 0.15) is 5.84 Å². The molecule has 0 saturated heterocycles. The molecule has 3 rings (SSSR count). The average molecular weight is 445 g/mol. The quantitative estimate of drug-likeness (QED) is 0.755. The molecule has 0 spiro atoms. The minimum absolute atomic E-state index is 0.204. The number of amides is 1. The number of carbonyl (C=O) groups excluding carboxylic acids is 1. The highest BCUT2D eigenvalue weighted by Crippen LogP contribution is 2.38. The lowest BCUT2D eigenvalue weighted by atomic mass is 10.1. The molecule has 1 aliphatic heterocycles. The summed E-state index contributed by atoms with van der Waals surface area (Å²) >= 11 is 13.6. The van der Waals surface area contributed by atoms with E-state index in [-0.39, 0.29) is 12.5 Å². The molecule has 0 aromatic carbocycles. The van der Waals surface area contributed by atoms with E-state index in [4.69, 9.17) is 28.9 Å². The lowest BCUT2D eigenvalue weighted by molar-refractivity contribution is 0.0954. The van der Waals surface area contributed by atoms with Gasteiger partial charge in [-0.05, 0) is 32.0 Å². The van der Waals surface area contributed by atoms with Gasteiger partial charge in [-0.1, -0.05) is 23.2 Å². The van der Waals surface area contributed by atoms with Crippen LogP contribution in [0.2, 0.25) is 10.0 Å². The number of thiophene rings is 1. The van der Waals surface area contributed by atoms with Crippen LogP contribution in [0, 0.1) is 0 Å². The Bertz CT molecular complexity index is 943. The van der Waals surface area contributed by atoms with Gasteiger partial charge >= 0.3 is 0 Å². The Hall–Kier alpha value is -1.48. The molecule has 10 heteroatoms. The van der Waals surface area contributed by atoms with Crippen LogP contribution >= 0.6 is 34.5 Å². The maximum absolute atomic E-state index is 12.5. The van der Waals surface area contributed by atoms with Crippen molar-refractivity contribution in [3.05, 3.63) is 49.9 Å². The van der Waals surface area contributed by atoms with E-state index in [9.17, 15) is 9.00 Å². The van der Waals surface area contributed by atoms with E-state index in [2.05, 4.69) is 15.3 Å². The molecule has 0 fully saturated rings. The largest absolute Gasteiger partial charge is 0.386 e. The summed E-state index contributed by atoms with van der Waals surface area (Å²) in [5.41, 5.74) is 6.57. The van der Waals surface area contributed by atoms with Crippen LogP contribution in [0.1, 0.15) is 40.1 Å². The molecule has 0 bridgehead atoms. The number of nitrogens with two attached hydrogens (primary N) is 1. The van der Waals surface area contributed by atoms with Crippen LogP contribution < -0.4 is 11.1 Å². The predicted molar refractivity (Wildman–Crippen MR) is 111 cm³/mol. The highest BCUT2D eigenvalue weighted by atomic mass is 35.5. The Kier molecular flexibility index (Phi) is 5.90. The van der Waals surface area contributed by atoms with E-state index in [1.54, 1.807) is 38.2 Å².